The van der Waals surface area contributed by atoms with Crippen molar-refractivity contribution in [2.24, 2.45) is 0 Å². The molecule has 0 aliphatic carbocycles. The van der Waals surface area contributed by atoms with Gasteiger partial charge in [0.05, 0.1) is 17.5 Å². The number of benzene rings is 1. The third kappa shape index (κ3) is 3.40. The predicted molar refractivity (Wildman–Crippen MR) is 92.4 cm³/mol. The number of nitrogens with one attached hydrogen (secondary N) is 1. The zero-order valence-electron chi connectivity index (χ0n) is 12.7. The van der Waals surface area contributed by atoms with Crippen molar-refractivity contribution in [2.45, 2.75) is 19.4 Å². The van der Waals surface area contributed by atoms with E-state index in [2.05, 4.69) is 5.32 Å². The molecule has 7 heteroatoms. The van der Waals surface area contributed by atoms with Crippen LogP contribution in [-0.2, 0) is 10.0 Å². The molecule has 2 heterocycles. The standard InChI is InChI=1S/C16H18N2O3S2/c1-12(15-4-2-10-22-15)17-16(19)13-5-7-14(8-6-13)18-9-3-11-23(18,20)21/h2,4-8,10,12H,3,9,11H2,1H3,(H,17,19). The van der Waals surface area contributed by atoms with Crippen molar-refractivity contribution in [3.63, 3.8) is 0 Å². The molecule has 122 valence electrons. The minimum atomic E-state index is -3.19. The highest BCUT2D eigenvalue weighted by Gasteiger charge is 2.28. The van der Waals surface area contributed by atoms with Crippen molar-refractivity contribution in [1.29, 1.82) is 0 Å². The summed E-state index contributed by atoms with van der Waals surface area (Å²) in [6.07, 6.45) is 0.642. The average molecular weight is 350 g/mol. The van der Waals surface area contributed by atoms with E-state index in [0.717, 1.165) is 4.88 Å². The average Bonchev–Trinajstić information content (AvgIpc) is 3.16. The van der Waals surface area contributed by atoms with Gasteiger partial charge in [0.2, 0.25) is 10.0 Å². The summed E-state index contributed by atoms with van der Waals surface area (Å²) in [5.41, 5.74) is 1.14. The van der Waals surface area contributed by atoms with Gasteiger partial charge in [0.1, 0.15) is 0 Å². The Kier molecular flexibility index (Phi) is 4.41. The molecule has 1 aromatic heterocycles. The third-order valence-corrected chi connectivity index (χ3v) is 6.76. The van der Waals surface area contributed by atoms with Gasteiger partial charge in [-0.25, -0.2) is 8.42 Å². The van der Waals surface area contributed by atoms with Gasteiger partial charge >= 0.3 is 0 Å². The van der Waals surface area contributed by atoms with Crippen LogP contribution in [0.3, 0.4) is 0 Å². The lowest BCUT2D eigenvalue weighted by Crippen LogP contribution is -2.27. The molecule has 3 rings (SSSR count). The van der Waals surface area contributed by atoms with E-state index in [-0.39, 0.29) is 17.7 Å². The molecule has 0 saturated carbocycles. The Balaban J connectivity index is 1.71. The molecule has 1 saturated heterocycles. The fourth-order valence-corrected chi connectivity index (χ4v) is 4.90. The number of hydrogen-bond acceptors (Lipinski definition) is 4. The molecule has 1 aliphatic rings. The summed E-state index contributed by atoms with van der Waals surface area (Å²) < 4.78 is 25.2. The predicted octanol–water partition coefficient (Wildman–Crippen LogP) is 2.78. The van der Waals surface area contributed by atoms with Crippen LogP contribution in [-0.4, -0.2) is 26.6 Å². The maximum Gasteiger partial charge on any atom is 0.251 e. The number of sulfonamides is 1. The van der Waals surface area contributed by atoms with Crippen molar-refractivity contribution in [3.05, 3.63) is 52.2 Å². The minimum absolute atomic E-state index is 0.0545. The van der Waals surface area contributed by atoms with Gasteiger partial charge in [0, 0.05) is 17.0 Å². The first-order valence-electron chi connectivity index (χ1n) is 7.42. The SMILES string of the molecule is CC(NC(=O)c1ccc(N2CCCS2(=O)=O)cc1)c1cccs1. The number of nitrogens with zero attached hydrogens (tertiary/aromatic N) is 1. The van der Waals surface area contributed by atoms with E-state index < -0.39 is 10.0 Å². The zero-order valence-corrected chi connectivity index (χ0v) is 14.4. The molecule has 1 unspecified atom stereocenters. The Morgan fingerprint density at radius 1 is 1.26 bits per heavy atom. The second-order valence-corrected chi connectivity index (χ2v) is 8.49. The number of rotatable bonds is 4. The molecule has 0 bridgehead atoms. The fourth-order valence-electron chi connectivity index (χ4n) is 2.60. The third-order valence-electron chi connectivity index (χ3n) is 3.83. The zero-order chi connectivity index (χ0) is 16.4. The van der Waals surface area contributed by atoms with Crippen LogP contribution in [0, 0.1) is 0 Å². The normalized spacial score (nSPS) is 17.9. The second kappa shape index (κ2) is 6.33. The summed E-state index contributed by atoms with van der Waals surface area (Å²) >= 11 is 1.60. The van der Waals surface area contributed by atoms with E-state index in [4.69, 9.17) is 0 Å². The Morgan fingerprint density at radius 2 is 2.00 bits per heavy atom. The topological polar surface area (TPSA) is 66.5 Å². The Labute approximate surface area is 140 Å². The lowest BCUT2D eigenvalue weighted by Gasteiger charge is -2.17. The molecule has 1 aliphatic heterocycles. The van der Waals surface area contributed by atoms with Crippen molar-refractivity contribution in [1.82, 2.24) is 5.32 Å². The number of amides is 1. The van der Waals surface area contributed by atoms with Crippen molar-refractivity contribution < 1.29 is 13.2 Å². The van der Waals surface area contributed by atoms with E-state index in [1.165, 1.54) is 4.31 Å². The van der Waals surface area contributed by atoms with Crippen LogP contribution in [0.4, 0.5) is 5.69 Å². The molecule has 1 amide bonds. The highest BCUT2D eigenvalue weighted by atomic mass is 32.2. The van der Waals surface area contributed by atoms with Crippen LogP contribution >= 0.6 is 11.3 Å². The first-order chi connectivity index (χ1) is 11.0. The summed E-state index contributed by atoms with van der Waals surface area (Å²) in [5, 5.41) is 4.92. The van der Waals surface area contributed by atoms with Crippen LogP contribution in [0.25, 0.3) is 0 Å². The molecular weight excluding hydrogens is 332 g/mol. The Bertz CT molecular complexity index is 783. The molecule has 1 atom stereocenters. The lowest BCUT2D eigenvalue weighted by atomic mass is 10.1. The van der Waals surface area contributed by atoms with Gasteiger partial charge in [-0.1, -0.05) is 6.07 Å². The van der Waals surface area contributed by atoms with Crippen LogP contribution in [0.2, 0.25) is 0 Å². The van der Waals surface area contributed by atoms with E-state index in [9.17, 15) is 13.2 Å². The molecule has 0 spiro atoms. The highest BCUT2D eigenvalue weighted by Crippen LogP contribution is 2.24. The molecule has 1 N–H and O–H groups in total. The molecule has 0 radical (unpaired) electrons. The first-order valence-corrected chi connectivity index (χ1v) is 9.91. The van der Waals surface area contributed by atoms with Crippen LogP contribution in [0.15, 0.2) is 41.8 Å². The number of hydrogen-bond donors (Lipinski definition) is 1. The van der Waals surface area contributed by atoms with Gasteiger partial charge in [-0.05, 0) is 49.1 Å². The molecule has 1 aromatic carbocycles. The summed E-state index contributed by atoms with van der Waals surface area (Å²) in [4.78, 5) is 13.4. The van der Waals surface area contributed by atoms with Gasteiger partial charge in [-0.15, -0.1) is 11.3 Å². The highest BCUT2D eigenvalue weighted by molar-refractivity contribution is 7.93. The van der Waals surface area contributed by atoms with E-state index in [1.54, 1.807) is 35.6 Å². The fraction of sp³-hybridized carbons (Fsp3) is 0.312. The van der Waals surface area contributed by atoms with Gasteiger partial charge in [0.15, 0.2) is 0 Å². The Hall–Kier alpha value is -1.86. The van der Waals surface area contributed by atoms with Crippen LogP contribution in [0.5, 0.6) is 0 Å². The van der Waals surface area contributed by atoms with Gasteiger partial charge < -0.3 is 5.32 Å². The van der Waals surface area contributed by atoms with Crippen molar-refractivity contribution in [3.8, 4) is 0 Å². The molecule has 5 nitrogen and oxygen atoms in total. The maximum absolute atomic E-state index is 12.3. The number of carbonyl (C=O) groups excluding carboxylic acids is 1. The van der Waals surface area contributed by atoms with E-state index in [0.29, 0.717) is 24.2 Å². The number of anilines is 1. The summed E-state index contributed by atoms with van der Waals surface area (Å²) in [6.45, 7) is 2.44. The monoisotopic (exact) mass is 350 g/mol. The molecule has 23 heavy (non-hydrogen) atoms. The largest absolute Gasteiger partial charge is 0.345 e. The first kappa shape index (κ1) is 16.0. The Morgan fingerprint density at radius 3 is 2.57 bits per heavy atom. The smallest absolute Gasteiger partial charge is 0.251 e. The summed E-state index contributed by atoms with van der Waals surface area (Å²) in [5.74, 6) is 0.0230. The van der Waals surface area contributed by atoms with Crippen molar-refractivity contribution in [2.75, 3.05) is 16.6 Å². The molecular formula is C16H18N2O3S2. The number of carbonyl (C=O) groups is 1. The molecule has 1 fully saturated rings. The van der Waals surface area contributed by atoms with Gasteiger partial charge in [-0.2, -0.15) is 0 Å². The van der Waals surface area contributed by atoms with Crippen LogP contribution < -0.4 is 9.62 Å². The van der Waals surface area contributed by atoms with E-state index in [1.807, 2.05) is 24.4 Å². The summed E-state index contributed by atoms with van der Waals surface area (Å²) in [6, 6.07) is 10.6. The van der Waals surface area contributed by atoms with Gasteiger partial charge in [0.25, 0.3) is 5.91 Å². The lowest BCUT2D eigenvalue weighted by molar-refractivity contribution is 0.0940. The minimum Gasteiger partial charge on any atom is -0.345 e. The van der Waals surface area contributed by atoms with Gasteiger partial charge in [-0.3, -0.25) is 9.10 Å². The van der Waals surface area contributed by atoms with Crippen LogP contribution in [0.1, 0.15) is 34.6 Å². The quantitative estimate of drug-likeness (QED) is 0.922. The van der Waals surface area contributed by atoms with E-state index >= 15 is 0 Å². The maximum atomic E-state index is 12.3. The van der Waals surface area contributed by atoms with Crippen molar-refractivity contribution >= 4 is 33.0 Å². The second-order valence-electron chi connectivity index (χ2n) is 5.50. The molecule has 2 aromatic rings. The summed E-state index contributed by atoms with van der Waals surface area (Å²) in [7, 11) is -3.19. The number of thiophene rings is 1.